The van der Waals surface area contributed by atoms with Crippen LogP contribution in [0.25, 0.3) is 0 Å². The van der Waals surface area contributed by atoms with Gasteiger partial charge in [0.1, 0.15) is 18.2 Å². The highest BCUT2D eigenvalue weighted by molar-refractivity contribution is 5.87. The third-order valence-corrected chi connectivity index (χ3v) is 3.62. The number of fused-ring (bicyclic) bond motifs is 1. The third kappa shape index (κ3) is 3.03. The topological polar surface area (TPSA) is 72.3 Å². The van der Waals surface area contributed by atoms with Crippen molar-refractivity contribution in [1.82, 2.24) is 19.7 Å². The number of anilines is 1. The van der Waals surface area contributed by atoms with E-state index in [1.165, 1.54) is 5.56 Å². The second kappa shape index (κ2) is 6.05. The second-order valence-corrected chi connectivity index (χ2v) is 5.29. The summed E-state index contributed by atoms with van der Waals surface area (Å²) in [6.45, 7) is 3.18. The number of nitrogens with zero attached hydrogens (tertiary/aromatic N) is 4. The number of hydrogen-bond acceptors (Lipinski definition) is 4. The van der Waals surface area contributed by atoms with E-state index in [1.54, 1.807) is 23.0 Å². The Labute approximate surface area is 128 Å². The van der Waals surface area contributed by atoms with E-state index in [2.05, 4.69) is 21.5 Å². The van der Waals surface area contributed by atoms with Crippen LogP contribution in [-0.2, 0) is 13.0 Å². The standard InChI is InChI=1S/C15H19N5O2/c1-3-20-10-16-14(18-20)17-15(21)19(2)9-12-8-11-6-4-5-7-13(11)22-12/h4-7,10,12H,3,8-9H2,1-2H3,(H,17,18,21). The number of nitrogens with one attached hydrogen (secondary N) is 1. The Morgan fingerprint density at radius 2 is 2.32 bits per heavy atom. The van der Waals surface area contributed by atoms with Gasteiger partial charge in [0.15, 0.2) is 0 Å². The molecule has 1 aliphatic heterocycles. The van der Waals surface area contributed by atoms with Gasteiger partial charge in [-0.2, -0.15) is 0 Å². The molecule has 0 fully saturated rings. The molecule has 3 rings (SSSR count). The van der Waals surface area contributed by atoms with Crippen LogP contribution in [0.4, 0.5) is 10.7 Å². The first-order valence-electron chi connectivity index (χ1n) is 7.32. The molecule has 0 saturated heterocycles. The van der Waals surface area contributed by atoms with E-state index in [0.29, 0.717) is 19.0 Å². The van der Waals surface area contributed by atoms with Crippen molar-refractivity contribution in [2.24, 2.45) is 0 Å². The van der Waals surface area contributed by atoms with E-state index in [9.17, 15) is 4.79 Å². The van der Waals surface area contributed by atoms with E-state index in [4.69, 9.17) is 4.74 Å². The highest BCUT2D eigenvalue weighted by Crippen LogP contribution is 2.28. The minimum Gasteiger partial charge on any atom is -0.488 e. The van der Waals surface area contributed by atoms with E-state index in [0.717, 1.165) is 12.2 Å². The highest BCUT2D eigenvalue weighted by Gasteiger charge is 2.25. The summed E-state index contributed by atoms with van der Waals surface area (Å²) >= 11 is 0. The number of aromatic nitrogens is 3. The molecule has 1 unspecified atom stereocenters. The zero-order valence-electron chi connectivity index (χ0n) is 12.7. The number of carbonyl (C=O) groups excluding carboxylic acids is 1. The fourth-order valence-electron chi connectivity index (χ4n) is 2.44. The lowest BCUT2D eigenvalue weighted by atomic mass is 10.1. The molecule has 1 atom stereocenters. The Morgan fingerprint density at radius 1 is 1.50 bits per heavy atom. The smallest absolute Gasteiger partial charge is 0.324 e. The quantitative estimate of drug-likeness (QED) is 0.934. The van der Waals surface area contributed by atoms with Crippen molar-refractivity contribution in [3.05, 3.63) is 36.2 Å². The van der Waals surface area contributed by atoms with Gasteiger partial charge in [-0.1, -0.05) is 18.2 Å². The first-order valence-corrected chi connectivity index (χ1v) is 7.32. The molecular weight excluding hydrogens is 282 g/mol. The fourth-order valence-corrected chi connectivity index (χ4v) is 2.44. The molecule has 7 nitrogen and oxygen atoms in total. The summed E-state index contributed by atoms with van der Waals surface area (Å²) in [6.07, 6.45) is 2.39. The fraction of sp³-hybridized carbons (Fsp3) is 0.400. The number of rotatable bonds is 4. The maximum Gasteiger partial charge on any atom is 0.324 e. The molecule has 2 aromatic rings. The summed E-state index contributed by atoms with van der Waals surface area (Å²) in [5.41, 5.74) is 1.18. The SMILES string of the molecule is CCn1cnc(NC(=O)N(C)CC2Cc3ccccc3O2)n1. The third-order valence-electron chi connectivity index (χ3n) is 3.62. The van der Waals surface area contributed by atoms with Gasteiger partial charge in [0, 0.05) is 20.0 Å². The van der Waals surface area contributed by atoms with Crippen molar-refractivity contribution < 1.29 is 9.53 Å². The summed E-state index contributed by atoms with van der Waals surface area (Å²) in [5.74, 6) is 1.22. The molecule has 0 aliphatic carbocycles. The molecule has 0 bridgehead atoms. The largest absolute Gasteiger partial charge is 0.488 e. The predicted molar refractivity (Wildman–Crippen MR) is 81.9 cm³/mol. The number of hydrogen-bond donors (Lipinski definition) is 1. The summed E-state index contributed by atoms with van der Waals surface area (Å²) in [7, 11) is 1.73. The van der Waals surface area contributed by atoms with Gasteiger partial charge >= 0.3 is 6.03 Å². The van der Waals surface area contributed by atoms with Gasteiger partial charge in [0.05, 0.1) is 6.54 Å². The first kappa shape index (κ1) is 14.4. The van der Waals surface area contributed by atoms with Crippen LogP contribution in [0.2, 0.25) is 0 Å². The van der Waals surface area contributed by atoms with Crippen LogP contribution in [0.3, 0.4) is 0 Å². The summed E-state index contributed by atoms with van der Waals surface area (Å²) in [4.78, 5) is 17.8. The monoisotopic (exact) mass is 301 g/mol. The van der Waals surface area contributed by atoms with Crippen molar-refractivity contribution in [3.8, 4) is 5.75 Å². The number of carbonyl (C=O) groups is 1. The van der Waals surface area contributed by atoms with Gasteiger partial charge in [-0.3, -0.25) is 10.00 Å². The molecule has 7 heteroatoms. The maximum atomic E-state index is 12.1. The molecule has 0 saturated carbocycles. The van der Waals surface area contributed by atoms with Crippen LogP contribution in [0.15, 0.2) is 30.6 Å². The highest BCUT2D eigenvalue weighted by atomic mass is 16.5. The Morgan fingerprint density at radius 3 is 3.05 bits per heavy atom. The zero-order chi connectivity index (χ0) is 15.5. The van der Waals surface area contributed by atoms with Gasteiger partial charge in [0.25, 0.3) is 0 Å². The number of urea groups is 1. The molecule has 1 aromatic carbocycles. The van der Waals surface area contributed by atoms with Gasteiger partial charge in [-0.15, -0.1) is 5.10 Å². The van der Waals surface area contributed by atoms with Crippen LogP contribution in [0.5, 0.6) is 5.75 Å². The van der Waals surface area contributed by atoms with Gasteiger partial charge in [0.2, 0.25) is 5.95 Å². The average molecular weight is 301 g/mol. The van der Waals surface area contributed by atoms with Crippen LogP contribution in [0, 0.1) is 0 Å². The number of benzene rings is 1. The minimum atomic E-state index is -0.242. The Balaban J connectivity index is 1.54. The molecule has 116 valence electrons. The molecule has 0 radical (unpaired) electrons. The molecule has 22 heavy (non-hydrogen) atoms. The molecular formula is C15H19N5O2. The Kier molecular flexibility index (Phi) is 3.95. The van der Waals surface area contributed by atoms with Crippen molar-refractivity contribution in [2.75, 3.05) is 18.9 Å². The van der Waals surface area contributed by atoms with E-state index in [-0.39, 0.29) is 12.1 Å². The van der Waals surface area contributed by atoms with Crippen molar-refractivity contribution >= 4 is 12.0 Å². The van der Waals surface area contributed by atoms with Crippen LogP contribution in [0.1, 0.15) is 12.5 Å². The van der Waals surface area contributed by atoms with Crippen molar-refractivity contribution in [2.45, 2.75) is 26.0 Å². The molecule has 0 spiro atoms. The lowest BCUT2D eigenvalue weighted by molar-refractivity contribution is 0.172. The van der Waals surface area contributed by atoms with E-state index in [1.807, 2.05) is 25.1 Å². The minimum absolute atomic E-state index is 0.0192. The van der Waals surface area contributed by atoms with Crippen molar-refractivity contribution in [1.29, 1.82) is 0 Å². The Bertz CT molecular complexity index is 644. The van der Waals surface area contributed by atoms with Gasteiger partial charge < -0.3 is 9.64 Å². The van der Waals surface area contributed by atoms with E-state index < -0.39 is 0 Å². The zero-order valence-corrected chi connectivity index (χ0v) is 12.7. The van der Waals surface area contributed by atoms with Crippen molar-refractivity contribution in [3.63, 3.8) is 0 Å². The number of ether oxygens (including phenoxy) is 1. The van der Waals surface area contributed by atoms with Gasteiger partial charge in [-0.25, -0.2) is 9.78 Å². The van der Waals surface area contributed by atoms with Crippen LogP contribution < -0.4 is 10.1 Å². The number of amides is 2. The van der Waals surface area contributed by atoms with E-state index >= 15 is 0 Å². The summed E-state index contributed by atoms with van der Waals surface area (Å²) in [6, 6.07) is 7.71. The molecule has 2 heterocycles. The maximum absolute atomic E-state index is 12.1. The first-order chi connectivity index (χ1) is 10.7. The molecule has 1 N–H and O–H groups in total. The second-order valence-electron chi connectivity index (χ2n) is 5.29. The predicted octanol–water partition coefficient (Wildman–Crippen LogP) is 1.77. The lowest BCUT2D eigenvalue weighted by Gasteiger charge is -2.20. The van der Waals surface area contributed by atoms with Crippen LogP contribution >= 0.6 is 0 Å². The number of aryl methyl sites for hydroxylation is 1. The molecule has 2 amide bonds. The number of para-hydroxylation sites is 1. The Hall–Kier alpha value is -2.57. The normalized spacial score (nSPS) is 16.0. The lowest BCUT2D eigenvalue weighted by Crippen LogP contribution is -2.39. The van der Waals surface area contributed by atoms with Crippen LogP contribution in [-0.4, -0.2) is 45.4 Å². The summed E-state index contributed by atoms with van der Waals surface area (Å²) < 4.78 is 7.50. The molecule has 1 aliphatic rings. The summed E-state index contributed by atoms with van der Waals surface area (Å²) in [5, 5.41) is 6.81. The average Bonchev–Trinajstić information content (AvgIpc) is 3.12. The molecule has 1 aromatic heterocycles. The van der Waals surface area contributed by atoms with Gasteiger partial charge in [-0.05, 0) is 18.6 Å². The number of likely N-dealkylation sites (N-methyl/N-ethyl adjacent to an activating group) is 1.